The van der Waals surface area contributed by atoms with Crippen molar-refractivity contribution in [2.75, 3.05) is 7.11 Å². The Morgan fingerprint density at radius 3 is 2.37 bits per heavy atom. The van der Waals surface area contributed by atoms with Crippen LogP contribution in [0, 0.1) is 13.7 Å². The van der Waals surface area contributed by atoms with Crippen LogP contribution in [0.5, 0.6) is 5.75 Å². The summed E-state index contributed by atoms with van der Waals surface area (Å²) in [7, 11) is 1.62. The minimum absolute atomic E-state index is 0.138. The van der Waals surface area contributed by atoms with Crippen molar-refractivity contribution in [2.45, 2.75) is 9.79 Å². The Labute approximate surface area is 128 Å². The summed E-state index contributed by atoms with van der Waals surface area (Å²) >= 11 is 3.45. The molecule has 0 saturated carbocycles. The molecule has 6 heteroatoms. The first-order valence-electron chi connectivity index (χ1n) is 5.36. The molecule has 0 spiro atoms. The van der Waals surface area contributed by atoms with Crippen molar-refractivity contribution in [3.8, 4) is 5.75 Å². The fraction of sp³-hybridized carbons (Fsp3) is 0.0769. The van der Waals surface area contributed by atoms with Gasteiger partial charge in [-0.1, -0.05) is 11.8 Å². The van der Waals surface area contributed by atoms with Crippen LogP contribution in [-0.4, -0.2) is 12.0 Å². The molecule has 98 valence electrons. The average Bonchev–Trinajstić information content (AvgIpc) is 2.41. The topological polar surface area (TPSA) is 52.4 Å². The molecule has 0 atom stereocenters. The lowest BCUT2D eigenvalue weighted by Gasteiger charge is -2.04. The lowest BCUT2D eigenvalue weighted by Crippen LogP contribution is -1.91. The summed E-state index contributed by atoms with van der Waals surface area (Å²) < 4.78 is 5.73. The maximum Gasteiger partial charge on any atom is 0.283 e. The second kappa shape index (κ2) is 6.25. The van der Waals surface area contributed by atoms with Gasteiger partial charge in [-0.15, -0.1) is 0 Å². The van der Waals surface area contributed by atoms with Gasteiger partial charge >= 0.3 is 0 Å². The van der Waals surface area contributed by atoms with E-state index < -0.39 is 0 Å². The molecule has 0 amide bonds. The Morgan fingerprint density at radius 2 is 1.79 bits per heavy atom. The largest absolute Gasteiger partial charge is 0.497 e. The SMILES string of the molecule is COc1ccc(Sc2ccc(I)c([N+](=O)[O-])c2)cc1. The summed E-state index contributed by atoms with van der Waals surface area (Å²) in [6.45, 7) is 0. The second-order valence-corrected chi connectivity index (χ2v) is 5.96. The molecule has 0 N–H and O–H groups in total. The van der Waals surface area contributed by atoms with Gasteiger partial charge in [0.15, 0.2) is 0 Å². The maximum atomic E-state index is 10.9. The van der Waals surface area contributed by atoms with E-state index in [9.17, 15) is 10.1 Å². The Bertz CT molecular complexity index is 601. The van der Waals surface area contributed by atoms with E-state index in [0.29, 0.717) is 3.57 Å². The van der Waals surface area contributed by atoms with Gasteiger partial charge in [-0.2, -0.15) is 0 Å². The number of ether oxygens (including phenoxy) is 1. The molecule has 0 saturated heterocycles. The van der Waals surface area contributed by atoms with Crippen LogP contribution < -0.4 is 4.74 Å². The Balaban J connectivity index is 2.22. The van der Waals surface area contributed by atoms with Gasteiger partial charge in [-0.3, -0.25) is 10.1 Å². The van der Waals surface area contributed by atoms with Crippen LogP contribution in [0.3, 0.4) is 0 Å². The van der Waals surface area contributed by atoms with E-state index in [2.05, 4.69) is 0 Å². The lowest BCUT2D eigenvalue weighted by molar-refractivity contribution is -0.386. The summed E-state index contributed by atoms with van der Waals surface area (Å²) in [5, 5.41) is 10.9. The van der Waals surface area contributed by atoms with E-state index in [4.69, 9.17) is 4.74 Å². The molecule has 0 heterocycles. The third kappa shape index (κ3) is 3.60. The second-order valence-electron chi connectivity index (χ2n) is 3.65. The standard InChI is InChI=1S/C13H10INO3S/c1-18-9-2-4-10(5-3-9)19-11-6-7-12(14)13(8-11)15(16)17/h2-8H,1H3. The minimum Gasteiger partial charge on any atom is -0.497 e. The van der Waals surface area contributed by atoms with Crippen LogP contribution in [0.15, 0.2) is 52.3 Å². The van der Waals surface area contributed by atoms with Crippen LogP contribution >= 0.6 is 34.4 Å². The highest BCUT2D eigenvalue weighted by Crippen LogP contribution is 2.33. The quantitative estimate of drug-likeness (QED) is 0.445. The van der Waals surface area contributed by atoms with Gasteiger partial charge in [0, 0.05) is 15.9 Å². The van der Waals surface area contributed by atoms with Crippen molar-refractivity contribution in [1.29, 1.82) is 0 Å². The molecule has 0 radical (unpaired) electrons. The van der Waals surface area contributed by atoms with Gasteiger partial charge in [0.05, 0.1) is 15.6 Å². The highest BCUT2D eigenvalue weighted by Gasteiger charge is 2.12. The Hall–Kier alpha value is -1.28. The number of benzene rings is 2. The normalized spacial score (nSPS) is 10.2. The van der Waals surface area contributed by atoms with Gasteiger partial charge in [0.25, 0.3) is 5.69 Å². The molecule has 0 aromatic heterocycles. The number of nitrogens with zero attached hydrogens (tertiary/aromatic N) is 1. The summed E-state index contributed by atoms with van der Waals surface area (Å²) in [6, 6.07) is 12.8. The number of rotatable bonds is 4. The van der Waals surface area contributed by atoms with Crippen molar-refractivity contribution >= 4 is 40.0 Å². The molecule has 19 heavy (non-hydrogen) atoms. The van der Waals surface area contributed by atoms with Crippen LogP contribution in [0.4, 0.5) is 5.69 Å². The molecule has 0 bridgehead atoms. The first kappa shape index (κ1) is 14.1. The summed E-state index contributed by atoms with van der Waals surface area (Å²) in [4.78, 5) is 12.4. The molecule has 0 fully saturated rings. The number of methoxy groups -OCH3 is 1. The van der Waals surface area contributed by atoms with Crippen molar-refractivity contribution in [2.24, 2.45) is 0 Å². The number of halogens is 1. The van der Waals surface area contributed by atoms with Crippen molar-refractivity contribution in [1.82, 2.24) is 0 Å². The van der Waals surface area contributed by atoms with Gasteiger partial charge in [-0.25, -0.2) is 0 Å². The average molecular weight is 387 g/mol. The van der Waals surface area contributed by atoms with Crippen molar-refractivity contribution in [3.63, 3.8) is 0 Å². The smallest absolute Gasteiger partial charge is 0.283 e. The van der Waals surface area contributed by atoms with Crippen LogP contribution in [0.2, 0.25) is 0 Å². The molecule has 2 rings (SSSR count). The van der Waals surface area contributed by atoms with Gasteiger partial charge < -0.3 is 4.74 Å². The predicted molar refractivity (Wildman–Crippen MR) is 82.9 cm³/mol. The number of hydrogen-bond donors (Lipinski definition) is 0. The molecular weight excluding hydrogens is 377 g/mol. The monoisotopic (exact) mass is 387 g/mol. The van der Waals surface area contributed by atoms with Crippen LogP contribution in [0.25, 0.3) is 0 Å². The number of nitro benzene ring substituents is 1. The molecule has 0 aliphatic heterocycles. The fourth-order valence-corrected chi connectivity index (χ4v) is 2.86. The molecule has 4 nitrogen and oxygen atoms in total. The van der Waals surface area contributed by atoms with Gasteiger partial charge in [0.2, 0.25) is 0 Å². The minimum atomic E-state index is -0.361. The lowest BCUT2D eigenvalue weighted by atomic mass is 10.3. The zero-order chi connectivity index (χ0) is 13.8. The Morgan fingerprint density at radius 1 is 1.16 bits per heavy atom. The molecule has 0 unspecified atom stereocenters. The zero-order valence-electron chi connectivity index (χ0n) is 10.00. The fourth-order valence-electron chi connectivity index (χ4n) is 1.48. The molecule has 2 aromatic carbocycles. The van der Waals surface area contributed by atoms with E-state index in [0.717, 1.165) is 15.5 Å². The predicted octanol–water partition coefficient (Wildman–Crippen LogP) is 4.36. The summed E-state index contributed by atoms with van der Waals surface area (Å²) in [6.07, 6.45) is 0. The van der Waals surface area contributed by atoms with Gasteiger partial charge in [0.1, 0.15) is 5.75 Å². The molecule has 2 aromatic rings. The van der Waals surface area contributed by atoms with Gasteiger partial charge in [-0.05, 0) is 59.0 Å². The Kier molecular flexibility index (Phi) is 4.65. The number of hydrogen-bond acceptors (Lipinski definition) is 4. The molecule has 0 aliphatic rings. The molecular formula is C13H10INO3S. The molecule has 0 aliphatic carbocycles. The zero-order valence-corrected chi connectivity index (χ0v) is 13.0. The van der Waals surface area contributed by atoms with Crippen LogP contribution in [-0.2, 0) is 0 Å². The van der Waals surface area contributed by atoms with Crippen molar-refractivity contribution < 1.29 is 9.66 Å². The maximum absolute atomic E-state index is 10.9. The third-order valence-corrected chi connectivity index (χ3v) is 4.32. The first-order valence-corrected chi connectivity index (χ1v) is 7.25. The highest BCUT2D eigenvalue weighted by molar-refractivity contribution is 14.1. The van der Waals surface area contributed by atoms with E-state index in [1.54, 1.807) is 19.2 Å². The third-order valence-electron chi connectivity index (χ3n) is 2.41. The van der Waals surface area contributed by atoms with E-state index in [-0.39, 0.29) is 10.6 Å². The van der Waals surface area contributed by atoms with E-state index in [1.165, 1.54) is 11.8 Å². The number of nitro groups is 1. The van der Waals surface area contributed by atoms with E-state index >= 15 is 0 Å². The van der Waals surface area contributed by atoms with E-state index in [1.807, 2.05) is 52.9 Å². The van der Waals surface area contributed by atoms with Crippen LogP contribution in [0.1, 0.15) is 0 Å². The highest BCUT2D eigenvalue weighted by atomic mass is 127. The van der Waals surface area contributed by atoms with Crippen molar-refractivity contribution in [3.05, 3.63) is 56.1 Å². The summed E-state index contributed by atoms with van der Waals surface area (Å²) in [5.41, 5.74) is 0.138. The first-order chi connectivity index (χ1) is 9.10. The summed E-state index contributed by atoms with van der Waals surface area (Å²) in [5.74, 6) is 0.790.